The molecule has 2 nitrogen and oxygen atoms in total. The molecule has 0 saturated heterocycles. The van der Waals surface area contributed by atoms with Gasteiger partial charge >= 0.3 is 0 Å². The third kappa shape index (κ3) is 1.07. The summed E-state index contributed by atoms with van der Waals surface area (Å²) in [4.78, 5) is 3.99. The van der Waals surface area contributed by atoms with Crippen LogP contribution in [0.4, 0.5) is 0 Å². The molecular weight excluding hydrogens is 102 g/mol. The van der Waals surface area contributed by atoms with Gasteiger partial charge in [-0.25, -0.2) is 0 Å². The van der Waals surface area contributed by atoms with E-state index in [-0.39, 0.29) is 0 Å². The molecule has 1 atom stereocenters. The monoisotopic (exact) mass is 113 g/mol. The molecular formula is C6H11NO. The Labute approximate surface area is 49.2 Å². The smallest absolute Gasteiger partial charge is 0.153 e. The van der Waals surface area contributed by atoms with Gasteiger partial charge in [0, 0.05) is 12.1 Å². The minimum Gasteiger partial charge on any atom is -0.369 e. The van der Waals surface area contributed by atoms with Gasteiger partial charge in [-0.2, -0.15) is 0 Å². The predicted octanol–water partition coefficient (Wildman–Crippen LogP) is 0.950. The highest BCUT2D eigenvalue weighted by Gasteiger charge is 2.23. The maximum Gasteiger partial charge on any atom is 0.153 e. The van der Waals surface area contributed by atoms with Crippen LogP contribution < -0.4 is 0 Å². The number of aliphatic hydroxyl groups is 1. The lowest BCUT2D eigenvalue weighted by atomic mass is 10.2. The fraction of sp³-hybridized carbons (Fsp3) is 0.833. The number of hydrogen-bond acceptors (Lipinski definition) is 2. The summed E-state index contributed by atoms with van der Waals surface area (Å²) in [7, 11) is 0. The number of nitrogens with zero attached hydrogens (tertiary/aromatic N) is 1. The Morgan fingerprint density at radius 2 is 2.38 bits per heavy atom. The van der Waals surface area contributed by atoms with E-state index in [9.17, 15) is 5.11 Å². The minimum atomic E-state index is -0.746. The third-order valence-electron chi connectivity index (χ3n) is 1.39. The summed E-state index contributed by atoms with van der Waals surface area (Å²) in [6.07, 6.45) is 1.74. The van der Waals surface area contributed by atoms with E-state index in [1.165, 1.54) is 0 Å². The first-order chi connectivity index (χ1) is 3.60. The maximum absolute atomic E-state index is 9.18. The quantitative estimate of drug-likeness (QED) is 0.498. The van der Waals surface area contributed by atoms with Crippen molar-refractivity contribution in [3.05, 3.63) is 0 Å². The number of aliphatic imine (C=N–C) groups is 1. The van der Waals surface area contributed by atoms with Crippen molar-refractivity contribution in [3.63, 3.8) is 0 Å². The van der Waals surface area contributed by atoms with Crippen LogP contribution in [0.1, 0.15) is 26.7 Å². The van der Waals surface area contributed by atoms with E-state index in [0.29, 0.717) is 0 Å². The second kappa shape index (κ2) is 1.55. The standard InChI is InChI=1S/C6H11NO/c1-5-3-4-6(2,8)7-5/h8H,3-4H2,1-2H3. The molecule has 1 unspecified atom stereocenters. The normalized spacial score (nSPS) is 37.6. The first-order valence-electron chi connectivity index (χ1n) is 2.88. The van der Waals surface area contributed by atoms with Crippen LogP contribution in [0.2, 0.25) is 0 Å². The molecule has 1 N–H and O–H groups in total. The summed E-state index contributed by atoms with van der Waals surface area (Å²) in [6.45, 7) is 3.69. The van der Waals surface area contributed by atoms with E-state index in [2.05, 4.69) is 4.99 Å². The zero-order valence-electron chi connectivity index (χ0n) is 5.31. The van der Waals surface area contributed by atoms with Gasteiger partial charge in [-0.05, 0) is 20.3 Å². The molecule has 46 valence electrons. The van der Waals surface area contributed by atoms with Crippen molar-refractivity contribution in [2.75, 3.05) is 0 Å². The van der Waals surface area contributed by atoms with Gasteiger partial charge in [0.05, 0.1) is 0 Å². The summed E-state index contributed by atoms with van der Waals surface area (Å²) in [5.74, 6) is 0. The largest absolute Gasteiger partial charge is 0.369 e. The Bertz CT molecular complexity index is 126. The zero-order valence-corrected chi connectivity index (χ0v) is 5.31. The molecule has 0 aromatic heterocycles. The molecule has 0 aromatic carbocycles. The van der Waals surface area contributed by atoms with Gasteiger partial charge in [0.1, 0.15) is 0 Å². The maximum atomic E-state index is 9.18. The van der Waals surface area contributed by atoms with Gasteiger partial charge in [-0.1, -0.05) is 0 Å². The van der Waals surface area contributed by atoms with Gasteiger partial charge in [-0.3, -0.25) is 4.99 Å². The minimum absolute atomic E-state index is 0.746. The van der Waals surface area contributed by atoms with Crippen LogP contribution in [0.25, 0.3) is 0 Å². The second-order valence-corrected chi connectivity index (χ2v) is 2.56. The molecule has 0 aliphatic carbocycles. The van der Waals surface area contributed by atoms with Crippen molar-refractivity contribution in [2.45, 2.75) is 32.4 Å². The highest BCUT2D eigenvalue weighted by atomic mass is 16.3. The fourth-order valence-corrected chi connectivity index (χ4v) is 0.941. The Morgan fingerprint density at radius 3 is 2.50 bits per heavy atom. The Morgan fingerprint density at radius 1 is 1.75 bits per heavy atom. The van der Waals surface area contributed by atoms with Crippen LogP contribution in [0, 0.1) is 0 Å². The molecule has 0 spiro atoms. The molecule has 1 aliphatic rings. The van der Waals surface area contributed by atoms with Crippen LogP contribution in [0.5, 0.6) is 0 Å². The van der Waals surface area contributed by atoms with Crippen LogP contribution in [-0.2, 0) is 0 Å². The van der Waals surface area contributed by atoms with Crippen LogP contribution >= 0.6 is 0 Å². The fourth-order valence-electron chi connectivity index (χ4n) is 0.941. The molecule has 0 saturated carbocycles. The molecule has 0 bridgehead atoms. The summed E-state index contributed by atoms with van der Waals surface area (Å²) in [5.41, 5.74) is 0.319. The average Bonchev–Trinajstić information content (AvgIpc) is 1.82. The van der Waals surface area contributed by atoms with Gasteiger partial charge in [0.15, 0.2) is 5.72 Å². The topological polar surface area (TPSA) is 32.6 Å². The Hall–Kier alpha value is -0.370. The van der Waals surface area contributed by atoms with E-state index in [1.54, 1.807) is 6.92 Å². The molecule has 1 heterocycles. The van der Waals surface area contributed by atoms with Crippen molar-refractivity contribution in [1.29, 1.82) is 0 Å². The third-order valence-corrected chi connectivity index (χ3v) is 1.39. The zero-order chi connectivity index (χ0) is 6.20. The molecule has 1 aliphatic heterocycles. The van der Waals surface area contributed by atoms with Gasteiger partial charge < -0.3 is 5.11 Å². The molecule has 8 heavy (non-hydrogen) atoms. The first kappa shape index (κ1) is 5.76. The second-order valence-electron chi connectivity index (χ2n) is 2.56. The van der Waals surface area contributed by atoms with Crippen molar-refractivity contribution in [1.82, 2.24) is 0 Å². The van der Waals surface area contributed by atoms with Crippen molar-refractivity contribution >= 4 is 5.71 Å². The van der Waals surface area contributed by atoms with E-state index in [0.717, 1.165) is 18.6 Å². The molecule has 2 heteroatoms. The van der Waals surface area contributed by atoms with Gasteiger partial charge in [0.2, 0.25) is 0 Å². The van der Waals surface area contributed by atoms with Crippen LogP contribution in [0.3, 0.4) is 0 Å². The highest BCUT2D eigenvalue weighted by Crippen LogP contribution is 2.21. The predicted molar refractivity (Wildman–Crippen MR) is 33.0 cm³/mol. The summed E-state index contributed by atoms with van der Waals surface area (Å²) in [6, 6.07) is 0. The van der Waals surface area contributed by atoms with E-state index in [1.807, 2.05) is 6.92 Å². The highest BCUT2D eigenvalue weighted by molar-refractivity contribution is 5.83. The van der Waals surface area contributed by atoms with Crippen LogP contribution in [-0.4, -0.2) is 16.5 Å². The van der Waals surface area contributed by atoms with Gasteiger partial charge in [-0.15, -0.1) is 0 Å². The number of rotatable bonds is 0. The Balaban J connectivity index is 2.67. The van der Waals surface area contributed by atoms with Crippen LogP contribution in [0.15, 0.2) is 4.99 Å². The van der Waals surface area contributed by atoms with E-state index < -0.39 is 5.72 Å². The average molecular weight is 113 g/mol. The van der Waals surface area contributed by atoms with Crippen molar-refractivity contribution < 1.29 is 5.11 Å². The lowest BCUT2D eigenvalue weighted by molar-refractivity contribution is 0.0719. The molecule has 0 fully saturated rings. The van der Waals surface area contributed by atoms with Gasteiger partial charge in [0.25, 0.3) is 0 Å². The first-order valence-corrected chi connectivity index (χ1v) is 2.88. The van der Waals surface area contributed by atoms with E-state index in [4.69, 9.17) is 0 Å². The summed E-state index contributed by atoms with van der Waals surface area (Å²) < 4.78 is 0. The lowest BCUT2D eigenvalue weighted by Crippen LogP contribution is -2.15. The van der Waals surface area contributed by atoms with E-state index >= 15 is 0 Å². The lowest BCUT2D eigenvalue weighted by Gasteiger charge is -2.09. The van der Waals surface area contributed by atoms with Crippen molar-refractivity contribution in [3.8, 4) is 0 Å². The summed E-state index contributed by atoms with van der Waals surface area (Å²) in [5, 5.41) is 9.18. The molecule has 1 rings (SSSR count). The molecule has 0 radical (unpaired) electrons. The molecule has 0 amide bonds. The van der Waals surface area contributed by atoms with Crippen molar-refractivity contribution in [2.24, 2.45) is 4.99 Å². The summed E-state index contributed by atoms with van der Waals surface area (Å²) >= 11 is 0. The Kier molecular flexibility index (Phi) is 1.12. The SMILES string of the molecule is CC1=NC(C)(O)CC1. The number of hydrogen-bond donors (Lipinski definition) is 1. The molecule has 0 aromatic rings.